The first-order valence-electron chi connectivity index (χ1n) is 6.43. The standard InChI is InChI=1S/C16H15O4P/c17-10-13-9-14(18)5-6-15(13)20-16(19)12-3-1-11(2-4-12)7-8-21/h1-6,9-10,18H,7-8,21H2. The highest BCUT2D eigenvalue weighted by Gasteiger charge is 2.12. The highest BCUT2D eigenvalue weighted by molar-refractivity contribution is 7.16. The topological polar surface area (TPSA) is 63.6 Å². The maximum absolute atomic E-state index is 12.0. The summed E-state index contributed by atoms with van der Waals surface area (Å²) < 4.78 is 5.19. The van der Waals surface area contributed by atoms with E-state index in [2.05, 4.69) is 9.24 Å². The third-order valence-electron chi connectivity index (χ3n) is 2.95. The molecule has 21 heavy (non-hydrogen) atoms. The maximum atomic E-state index is 12.0. The van der Waals surface area contributed by atoms with Gasteiger partial charge in [0.15, 0.2) is 6.29 Å². The van der Waals surface area contributed by atoms with Crippen molar-refractivity contribution in [3.8, 4) is 11.5 Å². The molecule has 0 fully saturated rings. The molecule has 5 heteroatoms. The zero-order valence-corrected chi connectivity index (χ0v) is 12.4. The third kappa shape index (κ3) is 3.89. The first kappa shape index (κ1) is 15.2. The SMILES string of the molecule is O=Cc1cc(O)ccc1OC(=O)c1ccc(CCP)cc1. The van der Waals surface area contributed by atoms with E-state index < -0.39 is 5.97 Å². The number of aryl methyl sites for hydroxylation is 1. The quantitative estimate of drug-likeness (QED) is 0.399. The summed E-state index contributed by atoms with van der Waals surface area (Å²) in [6, 6.07) is 11.1. The van der Waals surface area contributed by atoms with Crippen LogP contribution in [-0.2, 0) is 6.42 Å². The maximum Gasteiger partial charge on any atom is 0.343 e. The number of ether oxygens (including phenoxy) is 1. The van der Waals surface area contributed by atoms with Crippen LogP contribution in [-0.4, -0.2) is 23.5 Å². The van der Waals surface area contributed by atoms with Crippen LogP contribution in [0.4, 0.5) is 0 Å². The summed E-state index contributed by atoms with van der Waals surface area (Å²) in [5, 5.41) is 9.30. The molecule has 1 N–H and O–H groups in total. The van der Waals surface area contributed by atoms with E-state index in [0.717, 1.165) is 18.1 Å². The summed E-state index contributed by atoms with van der Waals surface area (Å²) in [4.78, 5) is 22.9. The molecule has 0 aromatic heterocycles. The monoisotopic (exact) mass is 302 g/mol. The lowest BCUT2D eigenvalue weighted by atomic mass is 10.1. The second kappa shape index (κ2) is 7.00. The molecule has 2 aromatic carbocycles. The molecule has 0 aliphatic heterocycles. The number of esters is 1. The average Bonchev–Trinajstić information content (AvgIpc) is 2.50. The fraction of sp³-hybridized carbons (Fsp3) is 0.125. The van der Waals surface area contributed by atoms with Gasteiger partial charge in [-0.05, 0) is 48.5 Å². The smallest absolute Gasteiger partial charge is 0.343 e. The number of phenolic OH excluding ortho intramolecular Hbond substituents is 1. The summed E-state index contributed by atoms with van der Waals surface area (Å²) in [5.74, 6) is -0.471. The minimum Gasteiger partial charge on any atom is -0.508 e. The molecular weight excluding hydrogens is 287 g/mol. The molecule has 0 bridgehead atoms. The van der Waals surface area contributed by atoms with Crippen molar-refractivity contribution in [2.24, 2.45) is 0 Å². The van der Waals surface area contributed by atoms with Crippen LogP contribution in [0.15, 0.2) is 42.5 Å². The predicted octanol–water partition coefficient (Wildman–Crippen LogP) is 2.84. The number of carbonyl (C=O) groups is 2. The molecular formula is C16H15O4P. The van der Waals surface area contributed by atoms with Gasteiger partial charge in [-0.3, -0.25) is 4.79 Å². The Morgan fingerprint density at radius 2 is 1.90 bits per heavy atom. The molecule has 0 saturated carbocycles. The van der Waals surface area contributed by atoms with Gasteiger partial charge in [-0.1, -0.05) is 12.1 Å². The van der Waals surface area contributed by atoms with Crippen LogP contribution in [0, 0.1) is 0 Å². The molecule has 2 rings (SSSR count). The molecule has 1 unspecified atom stereocenters. The number of aldehydes is 1. The van der Waals surface area contributed by atoms with Crippen LogP contribution in [0.1, 0.15) is 26.3 Å². The zero-order valence-electron chi connectivity index (χ0n) is 11.3. The van der Waals surface area contributed by atoms with Crippen LogP contribution in [0.2, 0.25) is 0 Å². The van der Waals surface area contributed by atoms with E-state index in [4.69, 9.17) is 4.74 Å². The third-order valence-corrected chi connectivity index (χ3v) is 3.23. The number of hydrogen-bond acceptors (Lipinski definition) is 4. The van der Waals surface area contributed by atoms with Crippen molar-refractivity contribution in [1.82, 2.24) is 0 Å². The molecule has 0 radical (unpaired) electrons. The average molecular weight is 302 g/mol. The number of aromatic hydroxyl groups is 1. The first-order valence-corrected chi connectivity index (χ1v) is 7.25. The van der Waals surface area contributed by atoms with Crippen LogP contribution < -0.4 is 4.74 Å². The fourth-order valence-electron chi connectivity index (χ4n) is 1.85. The number of carbonyl (C=O) groups excluding carboxylic acids is 2. The lowest BCUT2D eigenvalue weighted by Gasteiger charge is -2.07. The summed E-state index contributed by atoms with van der Waals surface area (Å²) in [7, 11) is 2.65. The highest BCUT2D eigenvalue weighted by atomic mass is 31.0. The number of hydrogen-bond donors (Lipinski definition) is 1. The Balaban J connectivity index is 2.16. The van der Waals surface area contributed by atoms with Gasteiger partial charge in [0.1, 0.15) is 11.5 Å². The van der Waals surface area contributed by atoms with Crippen LogP contribution in [0.25, 0.3) is 0 Å². The largest absolute Gasteiger partial charge is 0.508 e. The molecule has 2 aromatic rings. The van der Waals surface area contributed by atoms with E-state index in [0.29, 0.717) is 11.8 Å². The van der Waals surface area contributed by atoms with Crippen molar-refractivity contribution in [3.05, 3.63) is 59.2 Å². The fourth-order valence-corrected chi connectivity index (χ4v) is 2.19. The molecule has 0 saturated heterocycles. The van der Waals surface area contributed by atoms with Gasteiger partial charge >= 0.3 is 5.97 Å². The van der Waals surface area contributed by atoms with E-state index >= 15 is 0 Å². The lowest BCUT2D eigenvalue weighted by Crippen LogP contribution is -2.09. The molecule has 0 aliphatic carbocycles. The predicted molar refractivity (Wildman–Crippen MR) is 83.2 cm³/mol. The van der Waals surface area contributed by atoms with Gasteiger partial charge in [-0.2, -0.15) is 0 Å². The Bertz CT molecular complexity index is 650. The molecule has 0 spiro atoms. The molecule has 0 heterocycles. The normalized spacial score (nSPS) is 10.1. The highest BCUT2D eigenvalue weighted by Crippen LogP contribution is 2.23. The molecule has 1 atom stereocenters. The van der Waals surface area contributed by atoms with E-state index in [9.17, 15) is 14.7 Å². The number of phenols is 1. The second-order valence-corrected chi connectivity index (χ2v) is 5.04. The lowest BCUT2D eigenvalue weighted by molar-refractivity contribution is 0.0733. The van der Waals surface area contributed by atoms with Crippen LogP contribution in [0.3, 0.4) is 0 Å². The number of rotatable bonds is 5. The van der Waals surface area contributed by atoms with E-state index in [1.165, 1.54) is 18.2 Å². The van der Waals surface area contributed by atoms with E-state index in [1.54, 1.807) is 12.1 Å². The van der Waals surface area contributed by atoms with Crippen LogP contribution in [0.5, 0.6) is 11.5 Å². The summed E-state index contributed by atoms with van der Waals surface area (Å²) in [6.45, 7) is 0. The van der Waals surface area contributed by atoms with Crippen molar-refractivity contribution >= 4 is 21.5 Å². The minimum absolute atomic E-state index is 0.0568. The zero-order chi connectivity index (χ0) is 15.2. The molecule has 4 nitrogen and oxygen atoms in total. The first-order chi connectivity index (χ1) is 10.1. The Hall–Kier alpha value is -2.19. The van der Waals surface area contributed by atoms with E-state index in [-0.39, 0.29) is 17.1 Å². The van der Waals surface area contributed by atoms with Gasteiger partial charge < -0.3 is 9.84 Å². The van der Waals surface area contributed by atoms with Crippen LogP contribution >= 0.6 is 9.24 Å². The molecule has 108 valence electrons. The molecule has 0 aliphatic rings. The van der Waals surface area contributed by atoms with Crippen molar-refractivity contribution in [1.29, 1.82) is 0 Å². The summed E-state index contributed by atoms with van der Waals surface area (Å²) in [5.41, 5.74) is 1.68. The Labute approximate surface area is 125 Å². The van der Waals surface area contributed by atoms with Gasteiger partial charge in [-0.15, -0.1) is 9.24 Å². The summed E-state index contributed by atoms with van der Waals surface area (Å²) >= 11 is 0. The van der Waals surface area contributed by atoms with Gasteiger partial charge in [0.2, 0.25) is 0 Å². The van der Waals surface area contributed by atoms with Crippen molar-refractivity contribution in [2.75, 3.05) is 6.16 Å². The van der Waals surface area contributed by atoms with E-state index in [1.807, 2.05) is 12.1 Å². The Morgan fingerprint density at radius 3 is 2.52 bits per heavy atom. The van der Waals surface area contributed by atoms with Gasteiger partial charge in [0.25, 0.3) is 0 Å². The Kier molecular flexibility index (Phi) is 5.07. The minimum atomic E-state index is -0.541. The summed E-state index contributed by atoms with van der Waals surface area (Å²) in [6.07, 6.45) is 2.41. The van der Waals surface area contributed by atoms with Gasteiger partial charge in [-0.25, -0.2) is 4.79 Å². The van der Waals surface area contributed by atoms with Gasteiger partial charge in [0, 0.05) is 0 Å². The molecule has 0 amide bonds. The van der Waals surface area contributed by atoms with Crippen molar-refractivity contribution in [2.45, 2.75) is 6.42 Å². The number of benzene rings is 2. The van der Waals surface area contributed by atoms with Crippen molar-refractivity contribution < 1.29 is 19.4 Å². The van der Waals surface area contributed by atoms with Crippen molar-refractivity contribution in [3.63, 3.8) is 0 Å². The van der Waals surface area contributed by atoms with Gasteiger partial charge in [0.05, 0.1) is 11.1 Å². The Morgan fingerprint density at radius 1 is 1.19 bits per heavy atom. The second-order valence-electron chi connectivity index (χ2n) is 4.47.